The van der Waals surface area contributed by atoms with E-state index in [-0.39, 0.29) is 0 Å². The Labute approximate surface area is 743 Å². The van der Waals surface area contributed by atoms with Gasteiger partial charge >= 0.3 is 0 Å². The average molecular weight is 1700 g/mol. The number of thiophene rings is 2. The molecule has 0 amide bonds. The fourth-order valence-electron chi connectivity index (χ4n) is 17.1. The van der Waals surface area contributed by atoms with E-state index in [2.05, 4.69) is 201 Å². The van der Waals surface area contributed by atoms with E-state index in [1.54, 1.807) is 11.8 Å². The highest BCUT2D eigenvalue weighted by Gasteiger charge is 2.24. The number of benzene rings is 16. The summed E-state index contributed by atoms with van der Waals surface area (Å²) < 4.78 is 33.3. The molecule has 0 aliphatic heterocycles. The van der Waals surface area contributed by atoms with Gasteiger partial charge < -0.3 is 22.6 Å². The lowest BCUT2D eigenvalue weighted by Gasteiger charge is -2.11. The van der Waals surface area contributed by atoms with Gasteiger partial charge in [-0.1, -0.05) is 242 Å². The van der Waals surface area contributed by atoms with E-state index in [0.29, 0.717) is 35.2 Å². The van der Waals surface area contributed by atoms with Crippen molar-refractivity contribution in [3.8, 4) is 57.4 Å². The molecule has 127 heavy (non-hydrogen) atoms. The summed E-state index contributed by atoms with van der Waals surface area (Å²) in [5.74, 6) is 3.87. The van der Waals surface area contributed by atoms with E-state index in [0.717, 1.165) is 132 Å². The number of rotatable bonds is 6. The van der Waals surface area contributed by atoms with Gasteiger partial charge in [-0.3, -0.25) is 9.13 Å². The first kappa shape index (κ1) is 79.3. The van der Waals surface area contributed by atoms with E-state index >= 15 is 0 Å². The van der Waals surface area contributed by atoms with Gasteiger partial charge in [-0.05, 0) is 170 Å². The number of hydrogen-bond donors (Lipinski definition) is 0. The molecule has 0 atom stereocenters. The third kappa shape index (κ3) is 15.0. The number of aryl methyl sites for hydroxylation is 4. The van der Waals surface area contributed by atoms with Crippen molar-refractivity contribution >= 4 is 206 Å². The third-order valence-corrected chi connectivity index (χ3v) is 25.1. The summed E-state index contributed by atoms with van der Waals surface area (Å²) in [5.41, 5.74) is 20.3. The second kappa shape index (κ2) is 33.3. The standard InChI is InChI=1S/2C34H22N4S.2C19H12O2.C3H9N.C2H6S/c1-21-16-17-24-26-19-27-25-14-8-9-15-30(25)39-31(27)20-29(26)38(28(24)18-21)34-36-32(22-10-4-2-5-11-22)35-33(37-34)23-12-6-3-7-13-23;1-21-16-17-28-25(18-21)26-19-27-24-14-8-9-15-30(24)39-31(27)20-29(26)38(28)34-36-32(22-10-4-2-5-11-22)35-33(37-34)23-12-6-3-7-13-23;1-11-6-7-17-13(8-11)15-9-14-12-4-2-3-5-16(12)20-18(14)10-19(15)21-17;1-11-6-7-13-15-9-14-12-4-2-3-5-16(12)20-18(14)10-19(15)21-17(13)8-11;1-4(2)3;1-3-2/h2*2-20H,1H3;2*2-10H,1H3;1-3H3;1-2H3. The van der Waals surface area contributed by atoms with E-state index in [1.165, 1.54) is 84.1 Å². The molecule has 0 aliphatic rings. The molecule has 0 N–H and O–H groups in total. The number of hydrogen-bond acceptors (Lipinski definition) is 14. The summed E-state index contributed by atoms with van der Waals surface area (Å²) in [4.78, 5) is 32.1. The van der Waals surface area contributed by atoms with Gasteiger partial charge in [0.2, 0.25) is 11.9 Å². The van der Waals surface area contributed by atoms with Gasteiger partial charge in [0.25, 0.3) is 0 Å². The molecule has 614 valence electrons. The topological polar surface area (TPSA) is 143 Å². The minimum atomic E-state index is 0.618. The lowest BCUT2D eigenvalue weighted by atomic mass is 10.1. The molecule has 10 heterocycles. The van der Waals surface area contributed by atoms with Gasteiger partial charge in [-0.25, -0.2) is 9.97 Å². The van der Waals surface area contributed by atoms with Gasteiger partial charge in [0.1, 0.15) is 44.7 Å². The summed E-state index contributed by atoms with van der Waals surface area (Å²) >= 11 is 5.40. The Balaban J connectivity index is 0.000000104. The van der Waals surface area contributed by atoms with E-state index in [4.69, 9.17) is 47.6 Å². The number of nitrogens with zero attached hydrogens (tertiary/aromatic N) is 9. The zero-order valence-electron chi connectivity index (χ0n) is 71.2. The molecule has 0 saturated carbocycles. The molecule has 0 bridgehead atoms. The quantitative estimate of drug-likeness (QED) is 0.156. The highest BCUT2D eigenvalue weighted by atomic mass is 32.2. The fourth-order valence-corrected chi connectivity index (χ4v) is 19.4. The largest absolute Gasteiger partial charge is 0.456 e. The number of fused-ring (bicyclic) bond motifs is 24. The molecule has 13 nitrogen and oxygen atoms in total. The van der Waals surface area contributed by atoms with Gasteiger partial charge in [0.15, 0.2) is 23.3 Å². The maximum atomic E-state index is 5.98. The molecule has 0 spiro atoms. The number of furan rings is 4. The van der Waals surface area contributed by atoms with Crippen LogP contribution in [0, 0.1) is 27.7 Å². The fraction of sp³-hybridized carbons (Fsp3) is 0.0811. The van der Waals surface area contributed by atoms with Gasteiger partial charge in [-0.15, -0.1) is 22.7 Å². The Morgan fingerprint density at radius 2 is 0.520 bits per heavy atom. The number of aromatic nitrogens is 8. The predicted octanol–water partition coefficient (Wildman–Crippen LogP) is 30.7. The smallest absolute Gasteiger partial charge is 0.238 e. The maximum Gasteiger partial charge on any atom is 0.238 e. The van der Waals surface area contributed by atoms with Crippen LogP contribution in [-0.4, -0.2) is 77.6 Å². The van der Waals surface area contributed by atoms with Crippen LogP contribution in [0.2, 0.25) is 0 Å². The molecule has 0 aliphatic carbocycles. The Kier molecular flexibility index (Phi) is 20.8. The first-order chi connectivity index (χ1) is 62.2. The van der Waals surface area contributed by atoms with Crippen molar-refractivity contribution in [1.82, 2.24) is 43.9 Å². The van der Waals surface area contributed by atoms with Gasteiger partial charge in [0.05, 0.1) is 22.1 Å². The van der Waals surface area contributed by atoms with Crippen molar-refractivity contribution in [2.24, 2.45) is 0 Å². The molecular formula is C111H83N9O4S3. The Morgan fingerprint density at radius 3 is 0.976 bits per heavy atom. The zero-order chi connectivity index (χ0) is 86.1. The van der Waals surface area contributed by atoms with E-state index in [9.17, 15) is 0 Å². The van der Waals surface area contributed by atoms with Crippen molar-refractivity contribution in [2.45, 2.75) is 27.7 Å². The van der Waals surface area contributed by atoms with Crippen LogP contribution in [0.5, 0.6) is 0 Å². The third-order valence-electron chi connectivity index (χ3n) is 22.9. The van der Waals surface area contributed by atoms with Crippen LogP contribution in [-0.2, 0) is 0 Å². The monoisotopic (exact) mass is 1700 g/mol. The normalized spacial score (nSPS) is 11.6. The van der Waals surface area contributed by atoms with E-state index in [1.807, 2.05) is 237 Å². The second-order valence-electron chi connectivity index (χ2n) is 32.5. The first-order valence-corrected chi connectivity index (χ1v) is 45.4. The number of thioether (sulfide) groups is 1. The minimum absolute atomic E-state index is 0.618. The van der Waals surface area contributed by atoms with Gasteiger partial charge in [0, 0.05) is 139 Å². The molecule has 0 fully saturated rings. The Bertz CT molecular complexity index is 8560. The van der Waals surface area contributed by atoms with Crippen molar-refractivity contribution in [1.29, 1.82) is 0 Å². The van der Waals surface area contributed by atoms with Crippen molar-refractivity contribution in [3.63, 3.8) is 0 Å². The van der Waals surface area contributed by atoms with Crippen LogP contribution in [0.3, 0.4) is 0 Å². The number of para-hydroxylation sites is 2. The second-order valence-corrected chi connectivity index (χ2v) is 35.5. The molecule has 26 aromatic rings. The van der Waals surface area contributed by atoms with E-state index < -0.39 is 0 Å². The molecular weight excluding hydrogens is 1620 g/mol. The van der Waals surface area contributed by atoms with Crippen LogP contribution in [0.25, 0.3) is 229 Å². The lowest BCUT2D eigenvalue weighted by molar-refractivity contribution is 0.505. The molecule has 0 unspecified atom stereocenters. The van der Waals surface area contributed by atoms with Crippen molar-refractivity contribution < 1.29 is 17.7 Å². The summed E-state index contributed by atoms with van der Waals surface area (Å²) in [6, 6.07) is 118. The summed E-state index contributed by atoms with van der Waals surface area (Å²) in [5, 5.41) is 19.1. The van der Waals surface area contributed by atoms with Crippen LogP contribution in [0.1, 0.15) is 22.3 Å². The predicted molar refractivity (Wildman–Crippen MR) is 536 cm³/mol. The molecule has 16 aromatic carbocycles. The summed E-state index contributed by atoms with van der Waals surface area (Å²) in [6.45, 7) is 8.45. The molecule has 16 heteroatoms. The SMILES string of the molecule is CN(C)C.CSC.Cc1ccc2c(c1)c1cc3c(cc1n2-c1nc(-c2ccccc2)nc(-c2ccccc2)n1)sc1ccccc13.Cc1ccc2c(c1)oc1cc3oc4ccccc4c3cc12.Cc1ccc2c3cc4c(cc3n(-c3nc(-c5ccccc5)nc(-c5ccccc5)n3)c2c1)sc1ccccc14.Cc1ccc2oc3cc4oc5ccccc5c4cc3c2c1. The van der Waals surface area contributed by atoms with Crippen LogP contribution < -0.4 is 0 Å². The Hall–Kier alpha value is -14.9. The molecule has 10 aromatic heterocycles. The highest BCUT2D eigenvalue weighted by Crippen LogP contribution is 2.45. The summed E-state index contributed by atoms with van der Waals surface area (Å²) in [6.07, 6.45) is 4.08. The maximum absolute atomic E-state index is 5.98. The van der Waals surface area contributed by atoms with Crippen LogP contribution in [0.4, 0.5) is 0 Å². The minimum Gasteiger partial charge on any atom is -0.456 e. The Morgan fingerprint density at radius 1 is 0.228 bits per heavy atom. The van der Waals surface area contributed by atoms with Crippen molar-refractivity contribution in [2.75, 3.05) is 33.7 Å². The zero-order valence-corrected chi connectivity index (χ0v) is 73.7. The van der Waals surface area contributed by atoms with Crippen LogP contribution >= 0.6 is 34.4 Å². The molecule has 0 saturated heterocycles. The van der Waals surface area contributed by atoms with Crippen molar-refractivity contribution in [3.05, 3.63) is 362 Å². The van der Waals surface area contributed by atoms with Gasteiger partial charge in [-0.2, -0.15) is 31.7 Å². The summed E-state index contributed by atoms with van der Waals surface area (Å²) in [7, 11) is 6.00. The lowest BCUT2D eigenvalue weighted by Crippen LogP contribution is -2.06. The van der Waals surface area contributed by atoms with Crippen LogP contribution in [0.15, 0.2) is 357 Å². The molecule has 0 radical (unpaired) electrons. The molecule has 26 rings (SSSR count). The highest BCUT2D eigenvalue weighted by molar-refractivity contribution is 7.97. The average Bonchev–Trinajstić information content (AvgIpc) is 1.57. The first-order valence-electron chi connectivity index (χ1n) is 42.2.